The van der Waals surface area contributed by atoms with Crippen molar-refractivity contribution in [1.82, 2.24) is 9.36 Å². The van der Waals surface area contributed by atoms with Crippen molar-refractivity contribution in [3.8, 4) is 0 Å². The van der Waals surface area contributed by atoms with Crippen LogP contribution >= 0.6 is 0 Å². The summed E-state index contributed by atoms with van der Waals surface area (Å²) in [6.45, 7) is 0.630. The third-order valence-electron chi connectivity index (χ3n) is 4.16. The van der Waals surface area contributed by atoms with Crippen molar-refractivity contribution in [3.63, 3.8) is 0 Å². The highest BCUT2D eigenvalue weighted by Gasteiger charge is 2.17. The third-order valence-corrected chi connectivity index (χ3v) is 4.16. The monoisotopic (exact) mass is 355 g/mol. The van der Waals surface area contributed by atoms with Crippen molar-refractivity contribution >= 4 is 22.6 Å². The number of nitro benzene ring substituents is 1. The largest absolute Gasteiger partial charge is 0.481 e. The second-order valence-electron chi connectivity index (χ2n) is 5.93. The molecule has 1 heterocycles. The molecule has 0 bridgehead atoms. The second-order valence-corrected chi connectivity index (χ2v) is 5.93. The molecule has 3 aromatic rings. The van der Waals surface area contributed by atoms with E-state index in [2.05, 4.69) is 0 Å². The van der Waals surface area contributed by atoms with Gasteiger partial charge in [0.15, 0.2) is 0 Å². The molecule has 0 saturated carbocycles. The number of hydrogen-bond donors (Lipinski definition) is 1. The zero-order valence-corrected chi connectivity index (χ0v) is 13.9. The van der Waals surface area contributed by atoms with Crippen LogP contribution in [0.1, 0.15) is 18.4 Å². The van der Waals surface area contributed by atoms with E-state index in [1.165, 1.54) is 22.9 Å². The number of benzene rings is 2. The number of aromatic nitrogens is 2. The predicted molar refractivity (Wildman–Crippen MR) is 95.3 cm³/mol. The Kier molecular flexibility index (Phi) is 4.83. The van der Waals surface area contributed by atoms with Gasteiger partial charge in [0.1, 0.15) is 0 Å². The van der Waals surface area contributed by atoms with Crippen molar-refractivity contribution in [2.75, 3.05) is 0 Å². The molecule has 1 aromatic heterocycles. The number of hydrogen-bond acceptors (Lipinski definition) is 4. The summed E-state index contributed by atoms with van der Waals surface area (Å²) in [5, 5.41) is 20.1. The van der Waals surface area contributed by atoms with Crippen molar-refractivity contribution in [2.45, 2.75) is 25.9 Å². The maximum absolute atomic E-state index is 12.8. The maximum atomic E-state index is 12.8. The number of aliphatic carboxylic acids is 1. The molecule has 0 aliphatic carbocycles. The molecule has 1 N–H and O–H groups in total. The van der Waals surface area contributed by atoms with Crippen LogP contribution in [-0.4, -0.2) is 25.4 Å². The van der Waals surface area contributed by atoms with Gasteiger partial charge in [-0.1, -0.05) is 30.3 Å². The van der Waals surface area contributed by atoms with Gasteiger partial charge < -0.3 is 5.11 Å². The Hall–Kier alpha value is -3.42. The van der Waals surface area contributed by atoms with E-state index in [0.29, 0.717) is 25.0 Å². The third kappa shape index (κ3) is 3.49. The first kappa shape index (κ1) is 17.4. The lowest BCUT2D eigenvalue weighted by Gasteiger charge is -2.12. The van der Waals surface area contributed by atoms with Crippen LogP contribution < -0.4 is 5.56 Å². The molecule has 0 unspecified atom stereocenters. The van der Waals surface area contributed by atoms with E-state index in [0.717, 1.165) is 5.56 Å². The molecule has 0 radical (unpaired) electrons. The normalized spacial score (nSPS) is 10.9. The van der Waals surface area contributed by atoms with Gasteiger partial charge in [-0.15, -0.1) is 0 Å². The molecule has 0 aliphatic heterocycles. The highest BCUT2D eigenvalue weighted by Crippen LogP contribution is 2.20. The Morgan fingerprint density at radius 1 is 1.12 bits per heavy atom. The Balaban J connectivity index is 2.09. The maximum Gasteiger partial charge on any atom is 0.303 e. The number of carbonyl (C=O) groups is 1. The minimum atomic E-state index is -0.908. The summed E-state index contributed by atoms with van der Waals surface area (Å²) in [5.41, 5.74) is 0.986. The van der Waals surface area contributed by atoms with E-state index >= 15 is 0 Å². The average Bonchev–Trinajstić information content (AvgIpc) is 2.87. The molecule has 26 heavy (non-hydrogen) atoms. The molecule has 8 heteroatoms. The number of carboxylic acids is 1. The molecule has 134 valence electrons. The Bertz CT molecular complexity index is 1020. The lowest BCUT2D eigenvalue weighted by molar-refractivity contribution is -0.384. The van der Waals surface area contributed by atoms with E-state index in [4.69, 9.17) is 5.11 Å². The van der Waals surface area contributed by atoms with Gasteiger partial charge in [0.25, 0.3) is 11.2 Å². The standard InChI is InChI=1S/C18H17N3O5/c22-17(23)7-4-10-19-16-9-8-14(21(25)26)11-15(16)18(24)20(19)12-13-5-2-1-3-6-13/h1-3,5-6,8-9,11H,4,7,10,12H2,(H,22,23). The van der Waals surface area contributed by atoms with Crippen LogP contribution in [-0.2, 0) is 17.9 Å². The Labute approximate surface area is 148 Å². The van der Waals surface area contributed by atoms with Gasteiger partial charge in [-0.3, -0.25) is 24.4 Å². The minimum Gasteiger partial charge on any atom is -0.481 e. The number of nitrogens with zero attached hydrogens (tertiary/aromatic N) is 3. The predicted octanol–water partition coefficient (Wildman–Crippen LogP) is 2.62. The van der Waals surface area contributed by atoms with E-state index < -0.39 is 10.9 Å². The fraction of sp³-hybridized carbons (Fsp3) is 0.222. The lowest BCUT2D eigenvalue weighted by atomic mass is 10.2. The van der Waals surface area contributed by atoms with Gasteiger partial charge in [0.2, 0.25) is 0 Å². The van der Waals surface area contributed by atoms with Crippen LogP contribution in [0.2, 0.25) is 0 Å². The number of carboxylic acid groups (broad SMARTS) is 1. The second kappa shape index (κ2) is 7.22. The Morgan fingerprint density at radius 3 is 2.50 bits per heavy atom. The quantitative estimate of drug-likeness (QED) is 0.518. The number of non-ortho nitro benzene ring substituents is 1. The van der Waals surface area contributed by atoms with E-state index in [1.54, 1.807) is 4.68 Å². The molecule has 0 fully saturated rings. The van der Waals surface area contributed by atoms with Crippen molar-refractivity contribution in [1.29, 1.82) is 0 Å². The van der Waals surface area contributed by atoms with Gasteiger partial charge in [-0.25, -0.2) is 4.68 Å². The number of rotatable bonds is 7. The fourth-order valence-electron chi connectivity index (χ4n) is 2.95. The van der Waals surface area contributed by atoms with Gasteiger partial charge >= 0.3 is 5.97 Å². The van der Waals surface area contributed by atoms with Crippen LogP contribution in [0.25, 0.3) is 10.9 Å². The summed E-state index contributed by atoms with van der Waals surface area (Å²) in [7, 11) is 0. The zero-order valence-electron chi connectivity index (χ0n) is 13.9. The number of aryl methyl sites for hydroxylation is 1. The van der Waals surface area contributed by atoms with Crippen LogP contribution in [0.3, 0.4) is 0 Å². The number of nitro groups is 1. The van der Waals surface area contributed by atoms with Gasteiger partial charge in [0.05, 0.1) is 22.4 Å². The summed E-state index contributed by atoms with van der Waals surface area (Å²) >= 11 is 0. The molecular formula is C18H17N3O5. The van der Waals surface area contributed by atoms with Gasteiger partial charge in [0, 0.05) is 25.1 Å². The number of fused-ring (bicyclic) bond motifs is 1. The molecule has 0 saturated heterocycles. The van der Waals surface area contributed by atoms with Crippen LogP contribution in [0.4, 0.5) is 5.69 Å². The molecule has 8 nitrogen and oxygen atoms in total. The van der Waals surface area contributed by atoms with Crippen molar-refractivity contribution < 1.29 is 14.8 Å². The highest BCUT2D eigenvalue weighted by atomic mass is 16.6. The molecule has 2 aromatic carbocycles. The topological polar surface area (TPSA) is 107 Å². The summed E-state index contributed by atoms with van der Waals surface area (Å²) in [5.74, 6) is -0.908. The smallest absolute Gasteiger partial charge is 0.303 e. The zero-order chi connectivity index (χ0) is 18.7. The first-order chi connectivity index (χ1) is 12.5. The summed E-state index contributed by atoms with van der Waals surface area (Å²) in [4.78, 5) is 34.1. The van der Waals surface area contributed by atoms with Gasteiger partial charge in [-0.2, -0.15) is 0 Å². The SMILES string of the molecule is O=C(O)CCCn1c2ccc([N+](=O)[O-])cc2c(=O)n1Cc1ccccc1. The molecule has 0 amide bonds. The molecular weight excluding hydrogens is 338 g/mol. The molecule has 0 spiro atoms. The summed E-state index contributed by atoms with van der Waals surface area (Å²) < 4.78 is 3.21. The average molecular weight is 355 g/mol. The first-order valence-corrected chi connectivity index (χ1v) is 8.11. The Morgan fingerprint density at radius 2 is 1.85 bits per heavy atom. The van der Waals surface area contributed by atoms with Crippen molar-refractivity contribution in [2.24, 2.45) is 0 Å². The van der Waals surface area contributed by atoms with E-state index in [-0.39, 0.29) is 23.1 Å². The van der Waals surface area contributed by atoms with Gasteiger partial charge in [-0.05, 0) is 18.1 Å². The molecule has 0 atom stereocenters. The first-order valence-electron chi connectivity index (χ1n) is 8.11. The fourth-order valence-corrected chi connectivity index (χ4v) is 2.95. The molecule has 0 aliphatic rings. The summed E-state index contributed by atoms with van der Waals surface area (Å²) in [6, 6.07) is 13.5. The molecule has 3 rings (SSSR count). The van der Waals surface area contributed by atoms with Crippen molar-refractivity contribution in [3.05, 3.63) is 74.6 Å². The lowest BCUT2D eigenvalue weighted by Crippen LogP contribution is -2.24. The highest BCUT2D eigenvalue weighted by molar-refractivity contribution is 5.81. The van der Waals surface area contributed by atoms with E-state index in [1.807, 2.05) is 30.3 Å². The van der Waals surface area contributed by atoms with E-state index in [9.17, 15) is 19.7 Å². The van der Waals surface area contributed by atoms with Crippen LogP contribution in [0.15, 0.2) is 53.3 Å². The minimum absolute atomic E-state index is 0.0216. The van der Waals surface area contributed by atoms with Crippen LogP contribution in [0, 0.1) is 10.1 Å². The van der Waals surface area contributed by atoms with Crippen LogP contribution in [0.5, 0.6) is 0 Å². The summed E-state index contributed by atoms with van der Waals surface area (Å²) in [6.07, 6.45) is 0.330.